The monoisotopic (exact) mass is 250 g/mol. The molecule has 0 saturated heterocycles. The Balaban J connectivity index is 3.09. The van der Waals surface area contributed by atoms with Gasteiger partial charge in [0, 0.05) is 24.4 Å². The average molecular weight is 250 g/mol. The number of carbonyl (C=O) groups is 1. The van der Waals surface area contributed by atoms with E-state index in [9.17, 15) is 9.90 Å². The zero-order valence-corrected chi connectivity index (χ0v) is 11.6. The lowest BCUT2D eigenvalue weighted by atomic mass is 9.65. The van der Waals surface area contributed by atoms with Crippen molar-refractivity contribution < 1.29 is 15.0 Å². The van der Waals surface area contributed by atoms with E-state index < -0.39 is 11.0 Å². The Morgan fingerprint density at radius 1 is 1.50 bits per heavy atom. The predicted molar refractivity (Wildman–Crippen MR) is 70.8 cm³/mol. The fourth-order valence-electron chi connectivity index (χ4n) is 2.26. The predicted octanol–water partition coefficient (Wildman–Crippen LogP) is 1.68. The minimum absolute atomic E-state index is 0.0280. The lowest BCUT2D eigenvalue weighted by molar-refractivity contribution is -0.121. The van der Waals surface area contributed by atoms with Gasteiger partial charge in [0.25, 0.3) is 0 Å². The Bertz CT molecular complexity index is 423. The van der Waals surface area contributed by atoms with Crippen LogP contribution < -0.4 is 0 Å². The van der Waals surface area contributed by atoms with Gasteiger partial charge >= 0.3 is 0 Å². The Hall–Kier alpha value is -1.11. The molecule has 0 heterocycles. The van der Waals surface area contributed by atoms with E-state index in [1.165, 1.54) is 6.08 Å². The van der Waals surface area contributed by atoms with Gasteiger partial charge in [-0.15, -0.1) is 0 Å². The van der Waals surface area contributed by atoms with Crippen molar-refractivity contribution in [2.75, 3.05) is 6.61 Å². The second-order valence-corrected chi connectivity index (χ2v) is 5.75. The summed E-state index contributed by atoms with van der Waals surface area (Å²) in [7, 11) is 0. The van der Waals surface area contributed by atoms with Gasteiger partial charge in [0.2, 0.25) is 0 Å². The van der Waals surface area contributed by atoms with Crippen LogP contribution in [-0.2, 0) is 4.79 Å². The van der Waals surface area contributed by atoms with Gasteiger partial charge in [0.1, 0.15) is 0 Å². The number of aliphatic hydroxyl groups excluding tert-OH is 1. The van der Waals surface area contributed by atoms with E-state index >= 15 is 0 Å². The summed E-state index contributed by atoms with van der Waals surface area (Å²) in [5.74, 6) is 5.96. The van der Waals surface area contributed by atoms with E-state index in [4.69, 9.17) is 5.11 Å². The summed E-state index contributed by atoms with van der Waals surface area (Å²) in [5, 5.41) is 19.6. The van der Waals surface area contributed by atoms with Crippen molar-refractivity contribution in [1.82, 2.24) is 0 Å². The number of aliphatic hydroxyl groups is 2. The molecular formula is C15H22O3. The number of carbonyl (C=O) groups excluding carboxylic acids is 1. The highest BCUT2D eigenvalue weighted by atomic mass is 16.3. The van der Waals surface area contributed by atoms with Gasteiger partial charge in [-0.05, 0) is 25.0 Å². The van der Waals surface area contributed by atoms with Crippen molar-refractivity contribution in [2.24, 2.45) is 11.3 Å². The van der Waals surface area contributed by atoms with E-state index in [0.717, 1.165) is 0 Å². The molecule has 1 aliphatic rings. The van der Waals surface area contributed by atoms with E-state index in [-0.39, 0.29) is 18.3 Å². The van der Waals surface area contributed by atoms with Crippen LogP contribution in [0.1, 0.15) is 40.5 Å². The molecule has 0 aromatic rings. The zero-order chi connectivity index (χ0) is 14.0. The maximum Gasteiger partial charge on any atom is 0.156 e. The van der Waals surface area contributed by atoms with Crippen LogP contribution in [0.15, 0.2) is 11.6 Å². The van der Waals surface area contributed by atoms with Crippen LogP contribution in [0.3, 0.4) is 0 Å². The first-order valence-electron chi connectivity index (χ1n) is 6.30. The normalized spacial score (nSPS) is 28.1. The molecule has 1 rings (SSSR count). The van der Waals surface area contributed by atoms with Crippen LogP contribution in [0.25, 0.3) is 0 Å². The first-order chi connectivity index (χ1) is 8.23. The highest BCUT2D eigenvalue weighted by Crippen LogP contribution is 2.42. The van der Waals surface area contributed by atoms with Crippen molar-refractivity contribution in [3.05, 3.63) is 11.6 Å². The van der Waals surface area contributed by atoms with Crippen molar-refractivity contribution >= 4 is 5.78 Å². The average Bonchev–Trinajstić information content (AvgIpc) is 2.23. The molecule has 0 aliphatic heterocycles. The van der Waals surface area contributed by atoms with Crippen LogP contribution in [-0.4, -0.2) is 28.2 Å². The molecule has 0 aromatic carbocycles. The molecule has 0 radical (unpaired) electrons. The largest absolute Gasteiger partial charge is 0.396 e. The molecule has 18 heavy (non-hydrogen) atoms. The van der Waals surface area contributed by atoms with Gasteiger partial charge in [-0.1, -0.05) is 32.6 Å². The highest BCUT2D eigenvalue weighted by Gasteiger charge is 2.47. The molecule has 0 aromatic heterocycles. The minimum Gasteiger partial charge on any atom is -0.396 e. The van der Waals surface area contributed by atoms with Gasteiger partial charge in [0.05, 0.1) is 0 Å². The van der Waals surface area contributed by atoms with E-state index in [1.807, 2.05) is 20.8 Å². The summed E-state index contributed by atoms with van der Waals surface area (Å²) in [5.41, 5.74) is -1.24. The first kappa shape index (κ1) is 14.9. The lowest BCUT2D eigenvalue weighted by Crippen LogP contribution is -2.48. The van der Waals surface area contributed by atoms with E-state index in [1.54, 1.807) is 6.92 Å². The van der Waals surface area contributed by atoms with Gasteiger partial charge in [0.15, 0.2) is 11.4 Å². The summed E-state index contributed by atoms with van der Waals surface area (Å²) in [6.45, 7) is 7.45. The molecule has 0 spiro atoms. The third kappa shape index (κ3) is 2.82. The van der Waals surface area contributed by atoms with E-state index in [2.05, 4.69) is 11.8 Å². The molecule has 2 unspecified atom stereocenters. The quantitative estimate of drug-likeness (QED) is 0.733. The van der Waals surface area contributed by atoms with Crippen LogP contribution in [0.5, 0.6) is 0 Å². The molecule has 1 aliphatic carbocycles. The fourth-order valence-corrected chi connectivity index (χ4v) is 2.26. The Morgan fingerprint density at radius 3 is 2.61 bits per heavy atom. The Kier molecular flexibility index (Phi) is 4.37. The first-order valence-corrected chi connectivity index (χ1v) is 6.30. The van der Waals surface area contributed by atoms with E-state index in [0.29, 0.717) is 18.4 Å². The molecule has 0 fully saturated rings. The fraction of sp³-hybridized carbons (Fsp3) is 0.667. The number of ketones is 1. The third-order valence-corrected chi connectivity index (χ3v) is 3.61. The molecule has 2 atom stereocenters. The topological polar surface area (TPSA) is 57.5 Å². The maximum atomic E-state index is 11.5. The molecule has 3 heteroatoms. The van der Waals surface area contributed by atoms with Crippen molar-refractivity contribution in [3.63, 3.8) is 0 Å². The number of hydrogen-bond acceptors (Lipinski definition) is 3. The van der Waals surface area contributed by atoms with Crippen LogP contribution in [0.4, 0.5) is 0 Å². The Morgan fingerprint density at radius 2 is 2.11 bits per heavy atom. The summed E-state index contributed by atoms with van der Waals surface area (Å²) < 4.78 is 0. The molecule has 100 valence electrons. The lowest BCUT2D eigenvalue weighted by Gasteiger charge is -2.42. The van der Waals surface area contributed by atoms with Crippen molar-refractivity contribution in [2.45, 2.75) is 46.1 Å². The smallest absolute Gasteiger partial charge is 0.156 e. The van der Waals surface area contributed by atoms with Crippen LogP contribution in [0, 0.1) is 23.2 Å². The molecule has 0 amide bonds. The Labute approximate surface area is 109 Å². The summed E-state index contributed by atoms with van der Waals surface area (Å²) >= 11 is 0. The molecule has 0 saturated carbocycles. The standard InChI is InChI=1S/C15H22O3/c1-11(6-8-16)5-7-15(18)12(2)9-13(17)10-14(15,3)4/h9,11,16,18H,6,8,10H2,1-4H3. The molecule has 3 nitrogen and oxygen atoms in total. The van der Waals surface area contributed by atoms with Gasteiger partial charge in [-0.3, -0.25) is 4.79 Å². The number of rotatable bonds is 2. The van der Waals surface area contributed by atoms with Crippen LogP contribution >= 0.6 is 0 Å². The molecular weight excluding hydrogens is 228 g/mol. The number of hydrogen-bond donors (Lipinski definition) is 2. The van der Waals surface area contributed by atoms with Gasteiger partial charge in [-0.2, -0.15) is 0 Å². The van der Waals surface area contributed by atoms with Crippen molar-refractivity contribution in [3.8, 4) is 11.8 Å². The van der Waals surface area contributed by atoms with Gasteiger partial charge < -0.3 is 10.2 Å². The number of allylic oxidation sites excluding steroid dienone is 1. The van der Waals surface area contributed by atoms with Crippen molar-refractivity contribution in [1.29, 1.82) is 0 Å². The summed E-state index contributed by atoms with van der Waals surface area (Å²) in [4.78, 5) is 11.5. The minimum atomic E-state index is -1.26. The summed E-state index contributed by atoms with van der Waals surface area (Å²) in [6, 6.07) is 0. The van der Waals surface area contributed by atoms with Crippen LogP contribution in [0.2, 0.25) is 0 Å². The maximum absolute atomic E-state index is 11.5. The molecule has 2 N–H and O–H groups in total. The second kappa shape index (κ2) is 5.26. The highest BCUT2D eigenvalue weighted by molar-refractivity contribution is 5.93. The molecule has 0 bridgehead atoms. The zero-order valence-electron chi connectivity index (χ0n) is 11.6. The second-order valence-electron chi connectivity index (χ2n) is 5.75. The SMILES string of the molecule is CC1=CC(=O)CC(C)(C)C1(O)C#CC(C)CCO. The van der Waals surface area contributed by atoms with Gasteiger partial charge in [-0.25, -0.2) is 0 Å². The summed E-state index contributed by atoms with van der Waals surface area (Å²) in [6.07, 6.45) is 2.37. The third-order valence-electron chi connectivity index (χ3n) is 3.61.